The summed E-state index contributed by atoms with van der Waals surface area (Å²) in [5.41, 5.74) is 0. The summed E-state index contributed by atoms with van der Waals surface area (Å²) >= 11 is 0. The summed E-state index contributed by atoms with van der Waals surface area (Å²) in [6.45, 7) is 9.32. The lowest BCUT2D eigenvalue weighted by atomic mass is 9.82. The van der Waals surface area contributed by atoms with Gasteiger partial charge in [0, 0.05) is 0 Å². The maximum atomic E-state index is 2.81. The maximum Gasteiger partial charge on any atom is -0.0324 e. The molecule has 0 heterocycles. The zero-order valence-corrected chi connectivity index (χ0v) is 17.0. The molecule has 0 amide bonds. The van der Waals surface area contributed by atoms with Gasteiger partial charge in [0.1, 0.15) is 0 Å². The minimum atomic E-state index is 0.903. The summed E-state index contributed by atoms with van der Waals surface area (Å²) in [6.07, 6.45) is 25.5. The fraction of sp³-hybridized carbons (Fsp3) is 0.957. The fourth-order valence-corrected chi connectivity index (χ4v) is 3.66. The van der Waals surface area contributed by atoms with E-state index in [0.717, 1.165) is 11.8 Å². The molecule has 2 atom stereocenters. The number of unbranched alkanes of at least 4 members (excludes halogenated alkanes) is 8. The quantitative estimate of drug-likeness (QED) is 0.221. The first-order valence-corrected chi connectivity index (χ1v) is 11.1. The molecule has 0 fully saturated rings. The van der Waals surface area contributed by atoms with Gasteiger partial charge < -0.3 is 0 Å². The van der Waals surface area contributed by atoms with E-state index in [1.165, 1.54) is 103 Å². The predicted molar refractivity (Wildman–Crippen MR) is 108 cm³/mol. The van der Waals surface area contributed by atoms with Gasteiger partial charge in [0.15, 0.2) is 0 Å². The average Bonchev–Trinajstić information content (AvgIpc) is 2.57. The molecule has 0 bridgehead atoms. The molecule has 0 nitrogen and oxygen atoms in total. The summed E-state index contributed by atoms with van der Waals surface area (Å²) in [4.78, 5) is 0. The molecule has 0 aliphatic carbocycles. The van der Waals surface area contributed by atoms with E-state index in [9.17, 15) is 0 Å². The summed E-state index contributed by atoms with van der Waals surface area (Å²) in [6, 6.07) is 0. The third-order valence-corrected chi connectivity index (χ3v) is 5.26. The van der Waals surface area contributed by atoms with E-state index in [1.54, 1.807) is 0 Å². The van der Waals surface area contributed by atoms with Gasteiger partial charge in [0.05, 0.1) is 0 Å². The molecule has 139 valence electrons. The Labute approximate surface area is 149 Å². The van der Waals surface area contributed by atoms with Crippen molar-refractivity contribution in [3.05, 3.63) is 6.42 Å². The lowest BCUT2D eigenvalue weighted by molar-refractivity contribution is 0.371. The number of rotatable bonds is 18. The molecular weight excluding hydrogens is 276 g/mol. The molecule has 0 aromatic heterocycles. The predicted octanol–water partition coefficient (Wildman–Crippen LogP) is 8.74. The van der Waals surface area contributed by atoms with E-state index in [4.69, 9.17) is 0 Å². The average molecular weight is 324 g/mol. The monoisotopic (exact) mass is 323 g/mol. The van der Waals surface area contributed by atoms with Gasteiger partial charge in [0.25, 0.3) is 0 Å². The van der Waals surface area contributed by atoms with Crippen molar-refractivity contribution >= 4 is 0 Å². The van der Waals surface area contributed by atoms with Crippen LogP contribution in [-0.2, 0) is 0 Å². The lowest BCUT2D eigenvalue weighted by Gasteiger charge is -2.24. The molecule has 0 saturated carbocycles. The molecule has 1 radical (unpaired) electrons. The standard InChI is InChI=1S/C23H47/c1-5-9-13-15-19-22(17-11-7-3)21-23(18-12-8-4)20-16-14-10-6-2/h21-23H,5-20H2,1-4H3. The van der Waals surface area contributed by atoms with Crippen molar-refractivity contribution in [1.29, 1.82) is 0 Å². The molecule has 0 aromatic carbocycles. The van der Waals surface area contributed by atoms with Crippen LogP contribution in [0.15, 0.2) is 0 Å². The molecule has 0 spiro atoms. The molecule has 0 N–H and O–H groups in total. The van der Waals surface area contributed by atoms with Gasteiger partial charge in [-0.15, -0.1) is 0 Å². The van der Waals surface area contributed by atoms with Crippen LogP contribution in [0, 0.1) is 18.3 Å². The molecule has 0 aromatic rings. The molecule has 0 rings (SSSR count). The fourth-order valence-electron chi connectivity index (χ4n) is 3.66. The highest BCUT2D eigenvalue weighted by atomic mass is 14.2. The normalized spacial score (nSPS) is 14.1. The zero-order valence-electron chi connectivity index (χ0n) is 17.0. The minimum Gasteiger partial charge on any atom is -0.0654 e. The number of hydrogen-bond acceptors (Lipinski definition) is 0. The minimum absolute atomic E-state index is 0.903. The van der Waals surface area contributed by atoms with Crippen LogP contribution in [0.1, 0.15) is 130 Å². The highest BCUT2D eigenvalue weighted by Crippen LogP contribution is 2.29. The van der Waals surface area contributed by atoms with Crippen LogP contribution in [0.3, 0.4) is 0 Å². The molecule has 2 unspecified atom stereocenters. The Kier molecular flexibility index (Phi) is 18.3. The maximum absolute atomic E-state index is 2.81. The molecule has 23 heavy (non-hydrogen) atoms. The zero-order chi connectivity index (χ0) is 17.2. The Hall–Kier alpha value is 0. The van der Waals surface area contributed by atoms with Gasteiger partial charge in [-0.05, 0) is 18.3 Å². The summed E-state index contributed by atoms with van der Waals surface area (Å²) in [7, 11) is 0. The summed E-state index contributed by atoms with van der Waals surface area (Å²) in [5.74, 6) is 1.81. The van der Waals surface area contributed by atoms with Crippen LogP contribution < -0.4 is 0 Å². The lowest BCUT2D eigenvalue weighted by Crippen LogP contribution is -2.11. The van der Waals surface area contributed by atoms with E-state index in [2.05, 4.69) is 34.1 Å². The smallest absolute Gasteiger partial charge is 0.0324 e. The van der Waals surface area contributed by atoms with Gasteiger partial charge in [-0.25, -0.2) is 0 Å². The second kappa shape index (κ2) is 18.3. The highest BCUT2D eigenvalue weighted by Gasteiger charge is 2.16. The van der Waals surface area contributed by atoms with Crippen molar-refractivity contribution in [3.8, 4) is 0 Å². The van der Waals surface area contributed by atoms with Gasteiger partial charge in [-0.1, -0.05) is 130 Å². The highest BCUT2D eigenvalue weighted by molar-refractivity contribution is 4.84. The van der Waals surface area contributed by atoms with Crippen LogP contribution in [-0.4, -0.2) is 0 Å². The van der Waals surface area contributed by atoms with Crippen molar-refractivity contribution in [2.45, 2.75) is 130 Å². The van der Waals surface area contributed by atoms with Crippen LogP contribution in [0.5, 0.6) is 0 Å². The van der Waals surface area contributed by atoms with Gasteiger partial charge in [-0.3, -0.25) is 0 Å². The van der Waals surface area contributed by atoms with Crippen molar-refractivity contribution in [2.24, 2.45) is 11.8 Å². The Bertz CT molecular complexity index is 186. The summed E-state index contributed by atoms with van der Waals surface area (Å²) < 4.78 is 0. The van der Waals surface area contributed by atoms with Gasteiger partial charge >= 0.3 is 0 Å². The second-order valence-electron chi connectivity index (χ2n) is 7.70. The molecule has 0 heteroatoms. The van der Waals surface area contributed by atoms with E-state index in [-0.39, 0.29) is 0 Å². The van der Waals surface area contributed by atoms with Crippen LogP contribution in [0.25, 0.3) is 0 Å². The SMILES string of the molecule is CCCCCCC([CH]C(CCCC)CCCCCC)CCCC. The second-order valence-corrected chi connectivity index (χ2v) is 7.70. The molecule has 0 aliphatic rings. The van der Waals surface area contributed by atoms with E-state index < -0.39 is 0 Å². The third kappa shape index (κ3) is 15.3. The van der Waals surface area contributed by atoms with E-state index in [1.807, 2.05) is 0 Å². The van der Waals surface area contributed by atoms with Crippen molar-refractivity contribution in [2.75, 3.05) is 0 Å². The van der Waals surface area contributed by atoms with E-state index >= 15 is 0 Å². The first kappa shape index (κ1) is 23.0. The molecule has 0 aliphatic heterocycles. The van der Waals surface area contributed by atoms with Gasteiger partial charge in [0.2, 0.25) is 0 Å². The molecular formula is C23H47. The molecule has 0 saturated heterocycles. The first-order chi connectivity index (χ1) is 11.3. The van der Waals surface area contributed by atoms with Crippen molar-refractivity contribution < 1.29 is 0 Å². The first-order valence-electron chi connectivity index (χ1n) is 11.1. The van der Waals surface area contributed by atoms with Crippen LogP contribution in [0.2, 0.25) is 0 Å². The van der Waals surface area contributed by atoms with Gasteiger partial charge in [-0.2, -0.15) is 0 Å². The van der Waals surface area contributed by atoms with Crippen LogP contribution >= 0.6 is 0 Å². The Morgan fingerprint density at radius 3 is 1.13 bits per heavy atom. The van der Waals surface area contributed by atoms with Crippen molar-refractivity contribution in [1.82, 2.24) is 0 Å². The third-order valence-electron chi connectivity index (χ3n) is 5.26. The Morgan fingerprint density at radius 1 is 0.435 bits per heavy atom. The topological polar surface area (TPSA) is 0 Å². The number of hydrogen-bond donors (Lipinski definition) is 0. The largest absolute Gasteiger partial charge is 0.0654 e. The Morgan fingerprint density at radius 2 is 0.783 bits per heavy atom. The Balaban J connectivity index is 4.23. The summed E-state index contributed by atoms with van der Waals surface area (Å²) in [5, 5.41) is 0. The van der Waals surface area contributed by atoms with Crippen molar-refractivity contribution in [3.63, 3.8) is 0 Å². The van der Waals surface area contributed by atoms with E-state index in [0.29, 0.717) is 0 Å². The van der Waals surface area contributed by atoms with Crippen LogP contribution in [0.4, 0.5) is 0 Å².